The number of aryl methyl sites for hydroxylation is 1. The van der Waals surface area contributed by atoms with E-state index in [-0.39, 0.29) is 13.6 Å². The molecule has 0 fully saturated rings. The van der Waals surface area contributed by atoms with Crippen molar-refractivity contribution in [2.75, 3.05) is 11.4 Å². The summed E-state index contributed by atoms with van der Waals surface area (Å²) in [6, 6.07) is 8.19. The first-order valence-corrected chi connectivity index (χ1v) is 8.86. The third-order valence-electron chi connectivity index (χ3n) is 2.90. The van der Waals surface area contributed by atoms with Gasteiger partial charge in [0.2, 0.25) is 0 Å². The van der Waals surface area contributed by atoms with Gasteiger partial charge < -0.3 is 5.11 Å². The van der Waals surface area contributed by atoms with Crippen LogP contribution in [-0.4, -0.2) is 26.5 Å². The molecule has 8 heteroatoms. The lowest BCUT2D eigenvalue weighted by Crippen LogP contribution is -2.26. The zero-order chi connectivity index (χ0) is 15.8. The molecule has 5 nitrogen and oxygen atoms in total. The first kappa shape index (κ1) is 16.0. The molecule has 0 aliphatic heterocycles. The zero-order valence-electron chi connectivity index (χ0n) is 11.2. The van der Waals surface area contributed by atoms with Gasteiger partial charge in [0, 0.05) is 7.05 Å². The number of carboxylic acid groups (broad SMARTS) is 1. The number of rotatable bonds is 4. The predicted molar refractivity (Wildman–Crippen MR) is 85.7 cm³/mol. The summed E-state index contributed by atoms with van der Waals surface area (Å²) in [6.07, 6.45) is 0. The Labute approximate surface area is 135 Å². The molecule has 112 valence electrons. The summed E-state index contributed by atoms with van der Waals surface area (Å²) >= 11 is 4.00. The van der Waals surface area contributed by atoms with Crippen molar-refractivity contribution in [1.82, 2.24) is 0 Å². The van der Waals surface area contributed by atoms with E-state index in [9.17, 15) is 13.2 Å². The Hall–Kier alpha value is -1.38. The minimum Gasteiger partial charge on any atom is -0.477 e. The molecule has 2 aromatic rings. The third-order valence-corrected chi connectivity index (χ3v) is 6.93. The lowest BCUT2D eigenvalue weighted by molar-refractivity contribution is 0.0702. The van der Waals surface area contributed by atoms with Crippen LogP contribution in [0, 0.1) is 6.92 Å². The van der Waals surface area contributed by atoms with Gasteiger partial charge >= 0.3 is 5.97 Å². The lowest BCUT2D eigenvalue weighted by Gasteiger charge is -2.19. The molecule has 1 heterocycles. The smallest absolute Gasteiger partial charge is 0.345 e. The molecule has 0 saturated heterocycles. The van der Waals surface area contributed by atoms with E-state index < -0.39 is 16.0 Å². The van der Waals surface area contributed by atoms with Gasteiger partial charge in [0.1, 0.15) is 9.77 Å². The van der Waals surface area contributed by atoms with Gasteiger partial charge in [-0.05, 0) is 41.1 Å². The van der Waals surface area contributed by atoms with Gasteiger partial charge in [-0.2, -0.15) is 0 Å². The number of benzene rings is 1. The molecule has 1 N–H and O–H groups in total. The first-order chi connectivity index (χ1) is 9.73. The van der Waals surface area contributed by atoms with E-state index in [2.05, 4.69) is 15.9 Å². The third kappa shape index (κ3) is 3.12. The minimum atomic E-state index is -3.81. The van der Waals surface area contributed by atoms with Gasteiger partial charge in [0.05, 0.1) is 9.47 Å². The average molecular weight is 390 g/mol. The Kier molecular flexibility index (Phi) is 4.40. The van der Waals surface area contributed by atoms with Crippen LogP contribution >= 0.6 is 27.3 Å². The molecule has 21 heavy (non-hydrogen) atoms. The van der Waals surface area contributed by atoms with Gasteiger partial charge in [0.25, 0.3) is 10.0 Å². The highest BCUT2D eigenvalue weighted by atomic mass is 79.9. The van der Waals surface area contributed by atoms with Crippen molar-refractivity contribution in [1.29, 1.82) is 0 Å². The van der Waals surface area contributed by atoms with Gasteiger partial charge in [0.15, 0.2) is 0 Å². The van der Waals surface area contributed by atoms with Gasteiger partial charge in [-0.25, -0.2) is 13.2 Å². The maximum Gasteiger partial charge on any atom is 0.345 e. The van der Waals surface area contributed by atoms with Crippen LogP contribution in [0.5, 0.6) is 0 Å². The number of halogens is 1. The Morgan fingerprint density at radius 3 is 2.33 bits per heavy atom. The molecule has 0 spiro atoms. The molecule has 2 rings (SSSR count). The predicted octanol–water partition coefficient (Wildman–Crippen LogP) is 3.34. The second-order valence-electron chi connectivity index (χ2n) is 4.36. The number of aromatic carboxylic acids is 1. The number of nitrogens with zero attached hydrogens (tertiary/aromatic N) is 1. The number of thiophene rings is 1. The summed E-state index contributed by atoms with van der Waals surface area (Å²) < 4.78 is 26.6. The van der Waals surface area contributed by atoms with E-state index in [1.54, 1.807) is 12.1 Å². The normalized spacial score (nSPS) is 11.4. The van der Waals surface area contributed by atoms with E-state index in [0.29, 0.717) is 5.69 Å². The number of hydrogen-bond donors (Lipinski definition) is 1. The Bertz CT molecular complexity index is 781. The maximum atomic E-state index is 12.6. The highest BCUT2D eigenvalue weighted by Gasteiger charge is 2.27. The summed E-state index contributed by atoms with van der Waals surface area (Å²) in [5.74, 6) is -1.15. The second kappa shape index (κ2) is 5.78. The molecule has 0 radical (unpaired) electrons. The highest BCUT2D eigenvalue weighted by molar-refractivity contribution is 9.11. The summed E-state index contributed by atoms with van der Waals surface area (Å²) in [6.45, 7) is 1.91. The largest absolute Gasteiger partial charge is 0.477 e. The van der Waals surface area contributed by atoms with Gasteiger partial charge in [-0.1, -0.05) is 17.7 Å². The SMILES string of the molecule is Cc1ccc(N(C)S(=O)(=O)c2cc(C(=O)O)sc2Br)cc1. The van der Waals surface area contributed by atoms with Crippen LogP contribution in [0.25, 0.3) is 0 Å². The van der Waals surface area contributed by atoms with Crippen molar-refractivity contribution >= 4 is 48.9 Å². The Balaban J connectivity index is 2.46. The van der Waals surface area contributed by atoms with Gasteiger partial charge in [-0.15, -0.1) is 11.3 Å². The van der Waals surface area contributed by atoms with Crippen molar-refractivity contribution in [3.05, 3.63) is 44.6 Å². The fraction of sp³-hybridized carbons (Fsp3) is 0.154. The highest BCUT2D eigenvalue weighted by Crippen LogP contribution is 2.34. The monoisotopic (exact) mass is 389 g/mol. The zero-order valence-corrected chi connectivity index (χ0v) is 14.4. The average Bonchev–Trinajstić information content (AvgIpc) is 2.82. The molecule has 0 bridgehead atoms. The minimum absolute atomic E-state index is 0.0299. The number of hydrogen-bond acceptors (Lipinski definition) is 4. The van der Waals surface area contributed by atoms with Crippen LogP contribution < -0.4 is 4.31 Å². The van der Waals surface area contributed by atoms with Crippen LogP contribution in [0.4, 0.5) is 5.69 Å². The molecule has 1 aromatic heterocycles. The molecular formula is C13H12BrNO4S2. The topological polar surface area (TPSA) is 74.7 Å². The number of carboxylic acids is 1. The van der Waals surface area contributed by atoms with Crippen molar-refractivity contribution < 1.29 is 18.3 Å². The number of sulfonamides is 1. The van der Waals surface area contributed by atoms with Crippen molar-refractivity contribution in [2.45, 2.75) is 11.8 Å². The molecule has 0 unspecified atom stereocenters. The Morgan fingerprint density at radius 2 is 1.86 bits per heavy atom. The standard InChI is InChI=1S/C13H12BrNO4S2/c1-8-3-5-9(6-4-8)15(2)21(18,19)11-7-10(13(16)17)20-12(11)14/h3-7H,1-2H3,(H,16,17). The molecule has 0 aliphatic rings. The molecule has 0 amide bonds. The van der Waals surface area contributed by atoms with E-state index >= 15 is 0 Å². The van der Waals surface area contributed by atoms with Crippen LogP contribution in [-0.2, 0) is 10.0 Å². The van der Waals surface area contributed by atoms with Crippen LogP contribution in [0.1, 0.15) is 15.2 Å². The number of carbonyl (C=O) groups is 1. The van der Waals surface area contributed by atoms with Crippen LogP contribution in [0.15, 0.2) is 39.0 Å². The lowest BCUT2D eigenvalue weighted by atomic mass is 10.2. The summed E-state index contributed by atoms with van der Waals surface area (Å²) in [5.41, 5.74) is 1.53. The fourth-order valence-corrected chi connectivity index (χ4v) is 5.22. The van der Waals surface area contributed by atoms with E-state index in [4.69, 9.17) is 5.11 Å². The fourth-order valence-electron chi connectivity index (χ4n) is 1.67. The van der Waals surface area contributed by atoms with Crippen LogP contribution in [0.3, 0.4) is 0 Å². The molecule has 1 aromatic carbocycles. The second-order valence-corrected chi connectivity index (χ2v) is 8.67. The molecule has 0 aliphatic carbocycles. The Morgan fingerprint density at radius 1 is 1.29 bits per heavy atom. The molecule has 0 saturated carbocycles. The van der Waals surface area contributed by atoms with E-state index in [1.807, 2.05) is 19.1 Å². The number of anilines is 1. The van der Waals surface area contributed by atoms with E-state index in [1.165, 1.54) is 7.05 Å². The van der Waals surface area contributed by atoms with Crippen molar-refractivity contribution in [2.24, 2.45) is 0 Å². The quantitative estimate of drug-likeness (QED) is 0.869. The van der Waals surface area contributed by atoms with Gasteiger partial charge in [-0.3, -0.25) is 4.31 Å². The molecule has 0 atom stereocenters. The summed E-state index contributed by atoms with van der Waals surface area (Å²) in [4.78, 5) is 10.9. The summed E-state index contributed by atoms with van der Waals surface area (Å²) in [5, 5.41) is 8.96. The first-order valence-electron chi connectivity index (χ1n) is 5.81. The van der Waals surface area contributed by atoms with Crippen molar-refractivity contribution in [3.8, 4) is 0 Å². The van der Waals surface area contributed by atoms with E-state index in [0.717, 1.165) is 27.3 Å². The maximum absolute atomic E-state index is 12.6. The van der Waals surface area contributed by atoms with Crippen LogP contribution in [0.2, 0.25) is 0 Å². The molecular weight excluding hydrogens is 378 g/mol. The summed E-state index contributed by atoms with van der Waals surface area (Å²) in [7, 11) is -2.38. The van der Waals surface area contributed by atoms with Crippen molar-refractivity contribution in [3.63, 3.8) is 0 Å².